The average molecular weight is 403 g/mol. The van der Waals surface area contributed by atoms with Crippen molar-refractivity contribution in [1.82, 2.24) is 4.98 Å². The standard InChI is InChI=1S/C20H19ClN2O3S/c1-4-19-23-17(11-27-19)14-7-5-12(9-16(14)21)22-20(24)15-8-6-13(25-2)10-18(15)26-3/h5-11H,4H2,1-3H3,(H,22,24). The SMILES string of the molecule is CCc1nc(-c2ccc(NC(=O)c3ccc(OC)cc3OC)cc2Cl)cs1. The van der Waals surface area contributed by atoms with E-state index in [2.05, 4.69) is 17.2 Å². The predicted octanol–water partition coefficient (Wildman–Crippen LogP) is 5.30. The maximum Gasteiger partial charge on any atom is 0.259 e. The number of thiazole rings is 1. The highest BCUT2D eigenvalue weighted by Crippen LogP contribution is 2.32. The van der Waals surface area contributed by atoms with E-state index in [1.807, 2.05) is 11.4 Å². The lowest BCUT2D eigenvalue weighted by Crippen LogP contribution is -2.13. The summed E-state index contributed by atoms with van der Waals surface area (Å²) in [7, 11) is 3.07. The van der Waals surface area contributed by atoms with Crippen LogP contribution in [0.5, 0.6) is 11.5 Å². The van der Waals surface area contributed by atoms with Crippen LogP contribution in [0.15, 0.2) is 41.8 Å². The van der Waals surface area contributed by atoms with Crippen LogP contribution < -0.4 is 14.8 Å². The Bertz CT molecular complexity index is 972. The lowest BCUT2D eigenvalue weighted by atomic mass is 10.1. The van der Waals surface area contributed by atoms with E-state index in [1.54, 1.807) is 48.8 Å². The fraction of sp³-hybridized carbons (Fsp3) is 0.200. The van der Waals surface area contributed by atoms with Gasteiger partial charge in [0.05, 0.1) is 35.5 Å². The zero-order valence-electron chi connectivity index (χ0n) is 15.2. The molecule has 0 bridgehead atoms. The number of halogens is 1. The lowest BCUT2D eigenvalue weighted by Gasteiger charge is -2.11. The molecule has 0 atom stereocenters. The number of anilines is 1. The minimum Gasteiger partial charge on any atom is -0.497 e. The molecule has 140 valence electrons. The van der Waals surface area contributed by atoms with Crippen molar-refractivity contribution in [2.75, 3.05) is 19.5 Å². The van der Waals surface area contributed by atoms with E-state index in [1.165, 1.54) is 7.11 Å². The number of carbonyl (C=O) groups is 1. The van der Waals surface area contributed by atoms with Crippen molar-refractivity contribution in [3.63, 3.8) is 0 Å². The number of carbonyl (C=O) groups excluding carboxylic acids is 1. The molecule has 1 aromatic heterocycles. The number of nitrogens with zero attached hydrogens (tertiary/aromatic N) is 1. The van der Waals surface area contributed by atoms with Crippen LogP contribution >= 0.6 is 22.9 Å². The van der Waals surface area contributed by atoms with Gasteiger partial charge in [0.25, 0.3) is 5.91 Å². The van der Waals surface area contributed by atoms with Gasteiger partial charge in [-0.25, -0.2) is 4.98 Å². The van der Waals surface area contributed by atoms with Gasteiger partial charge < -0.3 is 14.8 Å². The number of aromatic nitrogens is 1. The molecule has 0 aliphatic carbocycles. The van der Waals surface area contributed by atoms with Crippen molar-refractivity contribution in [1.29, 1.82) is 0 Å². The molecular formula is C20H19ClN2O3S. The predicted molar refractivity (Wildman–Crippen MR) is 109 cm³/mol. The zero-order valence-corrected chi connectivity index (χ0v) is 16.8. The van der Waals surface area contributed by atoms with Crippen LogP contribution in [-0.2, 0) is 6.42 Å². The van der Waals surface area contributed by atoms with Crippen LogP contribution in [0.2, 0.25) is 5.02 Å². The number of aryl methyl sites for hydroxylation is 1. The molecule has 0 spiro atoms. The second kappa shape index (κ2) is 8.41. The maximum absolute atomic E-state index is 12.6. The van der Waals surface area contributed by atoms with Gasteiger partial charge in [-0.15, -0.1) is 11.3 Å². The van der Waals surface area contributed by atoms with Crippen LogP contribution in [0.1, 0.15) is 22.3 Å². The Labute approximate surface area is 166 Å². The van der Waals surface area contributed by atoms with E-state index in [-0.39, 0.29) is 5.91 Å². The largest absolute Gasteiger partial charge is 0.497 e. The van der Waals surface area contributed by atoms with Gasteiger partial charge in [0.1, 0.15) is 11.5 Å². The van der Waals surface area contributed by atoms with E-state index < -0.39 is 0 Å². The van der Waals surface area contributed by atoms with Gasteiger partial charge >= 0.3 is 0 Å². The molecule has 5 nitrogen and oxygen atoms in total. The number of hydrogen-bond donors (Lipinski definition) is 1. The molecule has 27 heavy (non-hydrogen) atoms. The molecule has 2 aromatic carbocycles. The Balaban J connectivity index is 1.82. The quantitative estimate of drug-likeness (QED) is 0.608. The third-order valence-electron chi connectivity index (χ3n) is 4.01. The number of amides is 1. The van der Waals surface area contributed by atoms with Gasteiger partial charge in [-0.1, -0.05) is 18.5 Å². The molecule has 0 unspecified atom stereocenters. The minimum absolute atomic E-state index is 0.291. The number of hydrogen-bond acceptors (Lipinski definition) is 5. The summed E-state index contributed by atoms with van der Waals surface area (Å²) in [5.41, 5.74) is 2.69. The molecule has 0 fully saturated rings. The Kier molecular flexibility index (Phi) is 5.98. The monoisotopic (exact) mass is 402 g/mol. The average Bonchev–Trinajstić information content (AvgIpc) is 3.16. The third kappa shape index (κ3) is 4.23. The number of ether oxygens (including phenoxy) is 2. The number of rotatable bonds is 6. The van der Waals surface area contributed by atoms with Crippen molar-refractivity contribution in [2.24, 2.45) is 0 Å². The fourth-order valence-electron chi connectivity index (χ4n) is 2.58. The Morgan fingerprint density at radius 2 is 2.00 bits per heavy atom. The summed E-state index contributed by atoms with van der Waals surface area (Å²) in [5, 5.41) is 6.42. The van der Waals surface area contributed by atoms with Gasteiger partial charge in [-0.05, 0) is 36.8 Å². The first-order valence-corrected chi connectivity index (χ1v) is 9.59. The van der Waals surface area contributed by atoms with Crippen LogP contribution in [0.4, 0.5) is 5.69 Å². The molecule has 1 amide bonds. The minimum atomic E-state index is -0.291. The highest BCUT2D eigenvalue weighted by molar-refractivity contribution is 7.09. The molecule has 1 heterocycles. The summed E-state index contributed by atoms with van der Waals surface area (Å²) in [6.45, 7) is 2.07. The summed E-state index contributed by atoms with van der Waals surface area (Å²) in [5.74, 6) is 0.759. The molecule has 0 aliphatic heterocycles. The molecule has 1 N–H and O–H groups in total. The van der Waals surface area contributed by atoms with E-state index in [0.717, 1.165) is 22.7 Å². The lowest BCUT2D eigenvalue weighted by molar-refractivity contribution is 0.102. The first kappa shape index (κ1) is 19.2. The first-order chi connectivity index (χ1) is 13.0. The fourth-order valence-corrected chi connectivity index (χ4v) is 3.60. The number of methoxy groups -OCH3 is 2. The molecule has 3 rings (SSSR count). The summed E-state index contributed by atoms with van der Waals surface area (Å²) in [6.07, 6.45) is 0.889. The molecule has 0 radical (unpaired) electrons. The summed E-state index contributed by atoms with van der Waals surface area (Å²) in [4.78, 5) is 17.2. The Hall–Kier alpha value is -2.57. The van der Waals surface area contributed by atoms with E-state index in [0.29, 0.717) is 27.8 Å². The molecule has 0 saturated heterocycles. The first-order valence-electron chi connectivity index (χ1n) is 8.33. The van der Waals surface area contributed by atoms with E-state index in [9.17, 15) is 4.79 Å². The highest BCUT2D eigenvalue weighted by Gasteiger charge is 2.15. The third-order valence-corrected chi connectivity index (χ3v) is 5.32. The summed E-state index contributed by atoms with van der Waals surface area (Å²) in [6, 6.07) is 10.4. The topological polar surface area (TPSA) is 60.5 Å². The second-order valence-corrected chi connectivity index (χ2v) is 7.04. The summed E-state index contributed by atoms with van der Waals surface area (Å²) >= 11 is 8.02. The van der Waals surface area contributed by atoms with Gasteiger partial charge in [-0.2, -0.15) is 0 Å². The molecule has 3 aromatic rings. The van der Waals surface area contributed by atoms with E-state index >= 15 is 0 Å². The molecular weight excluding hydrogens is 384 g/mol. The summed E-state index contributed by atoms with van der Waals surface area (Å²) < 4.78 is 10.4. The normalized spacial score (nSPS) is 10.5. The van der Waals surface area contributed by atoms with Crippen molar-refractivity contribution >= 4 is 34.5 Å². The van der Waals surface area contributed by atoms with Gasteiger partial charge in [-0.3, -0.25) is 4.79 Å². The number of nitrogens with one attached hydrogen (secondary N) is 1. The van der Waals surface area contributed by atoms with E-state index in [4.69, 9.17) is 21.1 Å². The van der Waals surface area contributed by atoms with Crippen LogP contribution in [0, 0.1) is 0 Å². The van der Waals surface area contributed by atoms with Gasteiger partial charge in [0, 0.05) is 22.7 Å². The van der Waals surface area contributed by atoms with Crippen molar-refractivity contribution in [2.45, 2.75) is 13.3 Å². The van der Waals surface area contributed by atoms with Gasteiger partial charge in [0.15, 0.2) is 0 Å². The zero-order chi connectivity index (χ0) is 19.4. The van der Waals surface area contributed by atoms with Crippen molar-refractivity contribution in [3.05, 3.63) is 57.4 Å². The van der Waals surface area contributed by atoms with Crippen LogP contribution in [-0.4, -0.2) is 25.1 Å². The molecule has 7 heteroatoms. The maximum atomic E-state index is 12.6. The Morgan fingerprint density at radius 1 is 1.19 bits per heavy atom. The van der Waals surface area contributed by atoms with Gasteiger partial charge in [0.2, 0.25) is 0 Å². The van der Waals surface area contributed by atoms with Crippen molar-refractivity contribution in [3.8, 4) is 22.8 Å². The van der Waals surface area contributed by atoms with Crippen LogP contribution in [0.25, 0.3) is 11.3 Å². The smallest absolute Gasteiger partial charge is 0.259 e. The van der Waals surface area contributed by atoms with Crippen molar-refractivity contribution < 1.29 is 14.3 Å². The molecule has 0 saturated carbocycles. The number of benzene rings is 2. The molecule has 0 aliphatic rings. The second-order valence-electron chi connectivity index (χ2n) is 5.70. The highest BCUT2D eigenvalue weighted by atomic mass is 35.5. The Morgan fingerprint density at radius 3 is 2.63 bits per heavy atom. The van der Waals surface area contributed by atoms with Crippen LogP contribution in [0.3, 0.4) is 0 Å².